The first-order chi connectivity index (χ1) is 13.6. The molecule has 1 aromatic carbocycles. The Morgan fingerprint density at radius 1 is 1.21 bits per heavy atom. The van der Waals surface area contributed by atoms with Gasteiger partial charge in [0.15, 0.2) is 15.7 Å². The zero-order valence-electron chi connectivity index (χ0n) is 16.1. The van der Waals surface area contributed by atoms with Gasteiger partial charge >= 0.3 is 6.03 Å². The van der Waals surface area contributed by atoms with E-state index in [2.05, 4.69) is 15.3 Å². The average Bonchev–Trinajstić information content (AvgIpc) is 2.62. The Morgan fingerprint density at radius 2 is 1.90 bits per heavy atom. The molecule has 1 aliphatic rings. The van der Waals surface area contributed by atoms with Crippen molar-refractivity contribution in [1.29, 1.82) is 0 Å². The number of amides is 3. The van der Waals surface area contributed by atoms with E-state index in [0.717, 1.165) is 6.26 Å². The third-order valence-corrected chi connectivity index (χ3v) is 5.17. The number of nitrogens with zero attached hydrogens (tertiary/aromatic N) is 4. The van der Waals surface area contributed by atoms with Crippen LogP contribution in [-0.2, 0) is 20.4 Å². The molecule has 0 bridgehead atoms. The molecule has 10 nitrogen and oxygen atoms in total. The normalized spacial score (nSPS) is 14.8. The van der Waals surface area contributed by atoms with E-state index in [9.17, 15) is 18.0 Å². The van der Waals surface area contributed by atoms with E-state index < -0.39 is 9.84 Å². The molecule has 3 amide bonds. The highest BCUT2D eigenvalue weighted by molar-refractivity contribution is 7.89. The van der Waals surface area contributed by atoms with Crippen molar-refractivity contribution in [2.45, 2.75) is 5.75 Å². The summed E-state index contributed by atoms with van der Waals surface area (Å²) in [5.74, 6) is 0.132. The van der Waals surface area contributed by atoms with Gasteiger partial charge in [-0.15, -0.1) is 0 Å². The predicted octanol–water partition coefficient (Wildman–Crippen LogP) is 0.576. The number of carbonyl (C=O) groups excluding carboxylic acids is 2. The fourth-order valence-corrected chi connectivity index (χ4v) is 3.51. The number of carbonyl (C=O) groups is 2. The predicted molar refractivity (Wildman–Crippen MR) is 109 cm³/mol. The summed E-state index contributed by atoms with van der Waals surface area (Å²) in [4.78, 5) is 35.5. The molecule has 2 aromatic rings. The number of benzene rings is 1. The number of likely N-dealkylation sites (N-methyl/N-ethyl adjacent to an activating group) is 1. The molecule has 0 unspecified atom stereocenters. The molecule has 0 aliphatic carbocycles. The summed E-state index contributed by atoms with van der Waals surface area (Å²) in [5, 5.41) is 2.75. The summed E-state index contributed by atoms with van der Waals surface area (Å²) in [7, 11) is -1.55. The molecule has 29 heavy (non-hydrogen) atoms. The number of anilines is 2. The second-order valence-electron chi connectivity index (χ2n) is 6.92. The van der Waals surface area contributed by atoms with Gasteiger partial charge in [-0.2, -0.15) is 0 Å². The number of hydrogen-bond donors (Lipinski definition) is 2. The van der Waals surface area contributed by atoms with Gasteiger partial charge in [0.1, 0.15) is 12.4 Å². The highest BCUT2D eigenvalue weighted by atomic mass is 32.2. The van der Waals surface area contributed by atoms with Crippen molar-refractivity contribution in [3.63, 3.8) is 0 Å². The summed E-state index contributed by atoms with van der Waals surface area (Å²) in [6, 6.07) is 7.82. The van der Waals surface area contributed by atoms with Crippen LogP contribution in [0.3, 0.4) is 0 Å². The van der Waals surface area contributed by atoms with Crippen LogP contribution < -0.4 is 11.1 Å². The van der Waals surface area contributed by atoms with Gasteiger partial charge in [-0.1, -0.05) is 0 Å². The maximum Gasteiger partial charge on any atom is 0.322 e. The van der Waals surface area contributed by atoms with Crippen molar-refractivity contribution in [2.24, 2.45) is 0 Å². The van der Waals surface area contributed by atoms with Crippen LogP contribution in [0.15, 0.2) is 30.3 Å². The van der Waals surface area contributed by atoms with Crippen LogP contribution in [-0.4, -0.2) is 73.1 Å². The minimum absolute atomic E-state index is 0.0423. The lowest BCUT2D eigenvalue weighted by Crippen LogP contribution is -2.51. The lowest BCUT2D eigenvalue weighted by atomic mass is 10.2. The van der Waals surface area contributed by atoms with Gasteiger partial charge in [0.25, 0.3) is 0 Å². The van der Waals surface area contributed by atoms with Gasteiger partial charge < -0.3 is 20.9 Å². The Labute approximate surface area is 168 Å². The summed E-state index contributed by atoms with van der Waals surface area (Å²) >= 11 is 0. The van der Waals surface area contributed by atoms with Gasteiger partial charge in [0.2, 0.25) is 5.91 Å². The fraction of sp³-hybridized carbons (Fsp3) is 0.333. The number of sulfone groups is 1. The number of nitrogens with one attached hydrogen (secondary N) is 1. The Morgan fingerprint density at radius 3 is 2.52 bits per heavy atom. The quantitative estimate of drug-likeness (QED) is 0.740. The molecule has 1 fully saturated rings. The average molecular weight is 418 g/mol. The lowest BCUT2D eigenvalue weighted by Gasteiger charge is -2.31. The van der Waals surface area contributed by atoms with Crippen molar-refractivity contribution in [1.82, 2.24) is 19.8 Å². The highest BCUT2D eigenvalue weighted by Crippen LogP contribution is 2.20. The van der Waals surface area contributed by atoms with Gasteiger partial charge in [0, 0.05) is 43.7 Å². The fourth-order valence-electron chi connectivity index (χ4n) is 2.83. The number of nitrogens with two attached hydrogens (primary N) is 1. The number of piperazine rings is 1. The summed E-state index contributed by atoms with van der Waals surface area (Å²) in [6.07, 6.45) is 1.12. The first-order valence-corrected chi connectivity index (χ1v) is 10.9. The van der Waals surface area contributed by atoms with E-state index >= 15 is 0 Å². The number of rotatable bonds is 4. The van der Waals surface area contributed by atoms with Gasteiger partial charge in [-0.3, -0.25) is 4.79 Å². The van der Waals surface area contributed by atoms with E-state index in [1.54, 1.807) is 36.2 Å². The van der Waals surface area contributed by atoms with E-state index in [0.29, 0.717) is 35.9 Å². The molecule has 3 rings (SSSR count). The van der Waals surface area contributed by atoms with Crippen molar-refractivity contribution < 1.29 is 18.0 Å². The minimum atomic E-state index is -3.26. The molecule has 0 spiro atoms. The molecule has 1 aromatic heterocycles. The molecule has 1 saturated heterocycles. The monoisotopic (exact) mass is 418 g/mol. The highest BCUT2D eigenvalue weighted by Gasteiger charge is 2.24. The Bertz CT molecular complexity index is 1040. The zero-order chi connectivity index (χ0) is 21.2. The second-order valence-corrected chi connectivity index (χ2v) is 9.06. The van der Waals surface area contributed by atoms with Crippen LogP contribution in [0.4, 0.5) is 16.3 Å². The van der Waals surface area contributed by atoms with Crippen LogP contribution >= 0.6 is 0 Å². The molecule has 3 N–H and O–H groups in total. The number of urea groups is 1. The van der Waals surface area contributed by atoms with Crippen molar-refractivity contribution in [2.75, 3.05) is 44.0 Å². The number of aromatic nitrogens is 2. The lowest BCUT2D eigenvalue weighted by molar-refractivity contribution is -0.133. The molecular formula is C18H22N6O4S. The van der Waals surface area contributed by atoms with Crippen molar-refractivity contribution in [3.8, 4) is 11.4 Å². The van der Waals surface area contributed by atoms with E-state index in [4.69, 9.17) is 5.73 Å². The van der Waals surface area contributed by atoms with Crippen molar-refractivity contribution >= 4 is 33.3 Å². The zero-order valence-corrected chi connectivity index (χ0v) is 16.9. The Hall–Kier alpha value is -3.21. The molecule has 2 heterocycles. The van der Waals surface area contributed by atoms with Gasteiger partial charge in [-0.05, 0) is 24.3 Å². The maximum absolute atomic E-state index is 12.3. The summed E-state index contributed by atoms with van der Waals surface area (Å²) in [5.41, 5.74) is 7.26. The van der Waals surface area contributed by atoms with Crippen LogP contribution in [0.2, 0.25) is 0 Å². The first kappa shape index (κ1) is 20.5. The minimum Gasteiger partial charge on any atom is -0.384 e. The third kappa shape index (κ3) is 5.41. The number of hydrogen-bond acceptors (Lipinski definition) is 7. The summed E-state index contributed by atoms with van der Waals surface area (Å²) in [6.45, 7) is 1.00. The molecule has 154 valence electrons. The van der Waals surface area contributed by atoms with Crippen LogP contribution in [0, 0.1) is 0 Å². The molecule has 0 radical (unpaired) electrons. The van der Waals surface area contributed by atoms with E-state index in [1.807, 2.05) is 0 Å². The van der Waals surface area contributed by atoms with Crippen molar-refractivity contribution in [3.05, 3.63) is 36.0 Å². The smallest absolute Gasteiger partial charge is 0.322 e. The largest absolute Gasteiger partial charge is 0.384 e. The Kier molecular flexibility index (Phi) is 5.69. The molecule has 1 aliphatic heterocycles. The summed E-state index contributed by atoms with van der Waals surface area (Å²) < 4.78 is 23.0. The third-order valence-electron chi connectivity index (χ3n) is 4.35. The Balaban J connectivity index is 1.72. The van der Waals surface area contributed by atoms with Gasteiger partial charge in [0.05, 0.1) is 11.4 Å². The molecule has 11 heteroatoms. The first-order valence-electron chi connectivity index (χ1n) is 8.82. The standard InChI is InChI=1S/C18H22N6O4S/c1-23-7-8-24(10-16(23)25)18(26)21-13-5-3-12(4-6-13)17-20-14(9-15(19)22-17)11-29(2,27)28/h3-6,9H,7-8,10-11H2,1-2H3,(H,21,26)(H2,19,20,22). The number of nitrogen functional groups attached to an aromatic ring is 1. The van der Waals surface area contributed by atoms with E-state index in [1.165, 1.54) is 11.0 Å². The maximum atomic E-state index is 12.3. The van der Waals surface area contributed by atoms with Crippen LogP contribution in [0.25, 0.3) is 11.4 Å². The topological polar surface area (TPSA) is 139 Å². The molecule has 0 atom stereocenters. The molecular weight excluding hydrogens is 396 g/mol. The SMILES string of the molecule is CN1CCN(C(=O)Nc2ccc(-c3nc(N)cc(CS(C)(=O)=O)n3)cc2)CC1=O. The molecule has 0 saturated carbocycles. The van der Waals surface area contributed by atoms with Crippen LogP contribution in [0.5, 0.6) is 0 Å². The van der Waals surface area contributed by atoms with Gasteiger partial charge in [-0.25, -0.2) is 23.2 Å². The van der Waals surface area contributed by atoms with E-state index in [-0.39, 0.29) is 30.1 Å². The van der Waals surface area contributed by atoms with Crippen LogP contribution in [0.1, 0.15) is 5.69 Å². The second kappa shape index (κ2) is 8.03.